The van der Waals surface area contributed by atoms with Crippen LogP contribution in [0.2, 0.25) is 0 Å². The van der Waals surface area contributed by atoms with Crippen LogP contribution in [0.15, 0.2) is 91.3 Å². The van der Waals surface area contributed by atoms with Gasteiger partial charge in [-0.05, 0) is 40.2 Å². The largest absolute Gasteiger partial charge is 0.305 e. The minimum Gasteiger partial charge on any atom is -0.305 e. The third-order valence-corrected chi connectivity index (χ3v) is 7.34. The van der Waals surface area contributed by atoms with Crippen molar-refractivity contribution in [1.29, 1.82) is 0 Å². The van der Waals surface area contributed by atoms with Crippen molar-refractivity contribution >= 4 is 53.2 Å². The number of rotatable bonds is 2. The van der Waals surface area contributed by atoms with Crippen molar-refractivity contribution in [2.75, 3.05) is 0 Å². The molecule has 0 N–H and O–H groups in total. The van der Waals surface area contributed by atoms with Crippen LogP contribution in [0.5, 0.6) is 0 Å². The van der Waals surface area contributed by atoms with Gasteiger partial charge in [-0.25, -0.2) is 0 Å². The van der Waals surface area contributed by atoms with Gasteiger partial charge in [0.2, 0.25) is 0 Å². The van der Waals surface area contributed by atoms with E-state index in [2.05, 4.69) is 72.3 Å². The molecule has 7 rings (SSSR count). The molecule has 4 aromatic carbocycles. The van der Waals surface area contributed by atoms with E-state index in [1.165, 1.54) is 36.5 Å². The van der Waals surface area contributed by atoms with Crippen LogP contribution in [0.1, 0.15) is 25.3 Å². The van der Waals surface area contributed by atoms with Gasteiger partial charge in [-0.3, -0.25) is 0 Å². The van der Waals surface area contributed by atoms with Gasteiger partial charge in [0.05, 0.1) is 0 Å². The van der Waals surface area contributed by atoms with E-state index in [1.807, 2.05) is 60.0 Å². The van der Waals surface area contributed by atoms with Crippen molar-refractivity contribution in [2.24, 2.45) is 0 Å². The molecule has 7 aromatic rings. The van der Waals surface area contributed by atoms with Gasteiger partial charge in [-0.2, -0.15) is 0 Å². The van der Waals surface area contributed by atoms with Gasteiger partial charge >= 0.3 is 0 Å². The third kappa shape index (κ3) is 4.23. The van der Waals surface area contributed by atoms with Crippen LogP contribution in [0.3, 0.4) is 0 Å². The maximum atomic E-state index is 4.68. The zero-order chi connectivity index (χ0) is 23.1. The molecule has 35 heavy (non-hydrogen) atoms. The molecule has 0 bridgehead atoms. The first-order valence-corrected chi connectivity index (χ1v) is 12.3. The van der Waals surface area contributed by atoms with Crippen molar-refractivity contribution in [1.82, 2.24) is 9.97 Å². The van der Waals surface area contributed by atoms with E-state index in [1.54, 1.807) is 6.20 Å². The molecule has 3 aromatic heterocycles. The Labute approximate surface area is 222 Å². The summed E-state index contributed by atoms with van der Waals surface area (Å²) < 4.78 is 2.67. The first-order valence-electron chi connectivity index (χ1n) is 11.5. The zero-order valence-corrected chi connectivity index (χ0v) is 22.6. The molecule has 2 nitrogen and oxygen atoms in total. The second-order valence-corrected chi connectivity index (χ2v) is 9.76. The number of aromatic nitrogens is 2. The molecule has 0 spiro atoms. The Kier molecular flexibility index (Phi) is 6.62. The first-order chi connectivity index (χ1) is 16.7. The monoisotopic (exact) mass is 647 g/mol. The average Bonchev–Trinajstić information content (AvgIpc) is 3.29. The molecule has 4 heteroatoms. The van der Waals surface area contributed by atoms with E-state index >= 15 is 0 Å². The summed E-state index contributed by atoms with van der Waals surface area (Å²) >= 11 is 1.86. The molecule has 0 aliphatic heterocycles. The predicted octanol–water partition coefficient (Wildman–Crippen LogP) is 8.66. The summed E-state index contributed by atoms with van der Waals surface area (Å²) in [6.45, 7) is 4.46. The van der Waals surface area contributed by atoms with Crippen molar-refractivity contribution in [3.8, 4) is 11.3 Å². The van der Waals surface area contributed by atoms with Gasteiger partial charge in [0.15, 0.2) is 0 Å². The standard InChI is InChI=1S/C20H14NS.C11H8N.Ir/c1-11(2)12-6-7-14-15(10-12)13-4-3-5-16-18(13)19-17(22-16)8-9-21-20(14)19;1-2-6-10(7-3-1)11-8-4-5-9-12-11;/h3-6,8-11H,1-2H3;1-6,8-9H;/q2*-1;. The fraction of sp³-hybridized carbons (Fsp3) is 0.0968. The van der Waals surface area contributed by atoms with E-state index < -0.39 is 0 Å². The minimum atomic E-state index is 0. The molecule has 0 saturated carbocycles. The number of nitrogens with zero attached hydrogens (tertiary/aromatic N) is 2. The van der Waals surface area contributed by atoms with Crippen molar-refractivity contribution in [3.05, 3.63) is 109 Å². The summed E-state index contributed by atoms with van der Waals surface area (Å²) in [7, 11) is 0. The molecule has 3 heterocycles. The van der Waals surface area contributed by atoms with Crippen LogP contribution in [0, 0.1) is 12.1 Å². The SMILES string of the molecule is CC(C)c1c[c-]c2c(c1)c1cccc3sc4ccnc2c4c31.[Ir].[c-]1ccccc1-c1ccccn1. The summed E-state index contributed by atoms with van der Waals surface area (Å²) in [6, 6.07) is 33.5. The van der Waals surface area contributed by atoms with E-state index in [9.17, 15) is 0 Å². The topological polar surface area (TPSA) is 25.8 Å². The number of hydrogen-bond acceptors (Lipinski definition) is 3. The van der Waals surface area contributed by atoms with Gasteiger partial charge in [0.1, 0.15) is 0 Å². The Morgan fingerprint density at radius 1 is 0.771 bits per heavy atom. The summed E-state index contributed by atoms with van der Waals surface area (Å²) in [5.41, 5.74) is 4.44. The van der Waals surface area contributed by atoms with E-state index in [4.69, 9.17) is 0 Å². The van der Waals surface area contributed by atoms with E-state index in [-0.39, 0.29) is 20.1 Å². The van der Waals surface area contributed by atoms with Crippen LogP contribution in [0.4, 0.5) is 0 Å². The quantitative estimate of drug-likeness (QED) is 0.139. The molecule has 0 fully saturated rings. The van der Waals surface area contributed by atoms with Gasteiger partial charge in [-0.1, -0.05) is 54.8 Å². The Bertz CT molecular complexity index is 1690. The number of thiophene rings is 1. The Hall–Kier alpha value is -3.17. The number of benzene rings is 4. The molecule has 0 saturated heterocycles. The molecule has 0 unspecified atom stereocenters. The molecule has 173 valence electrons. The molecule has 0 amide bonds. The number of fused-ring (bicyclic) bond motifs is 3. The Morgan fingerprint density at radius 2 is 1.63 bits per heavy atom. The van der Waals surface area contributed by atoms with Gasteiger partial charge in [0.25, 0.3) is 0 Å². The van der Waals surface area contributed by atoms with Crippen molar-refractivity contribution < 1.29 is 20.1 Å². The predicted molar refractivity (Wildman–Crippen MR) is 145 cm³/mol. The maximum Gasteiger partial charge on any atom is 0.0345 e. The van der Waals surface area contributed by atoms with Gasteiger partial charge in [0, 0.05) is 41.9 Å². The van der Waals surface area contributed by atoms with Crippen LogP contribution in [-0.4, -0.2) is 9.97 Å². The molecular weight excluding hydrogens is 625 g/mol. The fourth-order valence-electron chi connectivity index (χ4n) is 4.51. The summed E-state index contributed by atoms with van der Waals surface area (Å²) in [5, 5.41) is 6.43. The Balaban J connectivity index is 0.000000167. The van der Waals surface area contributed by atoms with Crippen molar-refractivity contribution in [3.63, 3.8) is 0 Å². The van der Waals surface area contributed by atoms with Gasteiger partial charge < -0.3 is 9.97 Å². The van der Waals surface area contributed by atoms with Crippen LogP contribution in [-0.2, 0) is 20.1 Å². The molecule has 0 aliphatic rings. The second-order valence-electron chi connectivity index (χ2n) is 8.68. The minimum absolute atomic E-state index is 0. The van der Waals surface area contributed by atoms with Crippen LogP contribution < -0.4 is 0 Å². The van der Waals surface area contributed by atoms with Crippen LogP contribution >= 0.6 is 11.3 Å². The second kappa shape index (κ2) is 9.83. The Morgan fingerprint density at radius 3 is 2.40 bits per heavy atom. The average molecular weight is 647 g/mol. The molecular formula is C31H22IrN2S-2. The third-order valence-electron chi connectivity index (χ3n) is 6.22. The maximum absolute atomic E-state index is 4.68. The van der Waals surface area contributed by atoms with E-state index in [0.29, 0.717) is 5.92 Å². The summed E-state index contributed by atoms with van der Waals surface area (Å²) in [6.07, 6.45) is 3.71. The number of hydrogen-bond donors (Lipinski definition) is 0. The first kappa shape index (κ1) is 23.6. The fourth-order valence-corrected chi connectivity index (χ4v) is 5.63. The van der Waals surface area contributed by atoms with E-state index in [0.717, 1.165) is 22.2 Å². The number of pyridine rings is 2. The smallest absolute Gasteiger partial charge is 0.0345 e. The zero-order valence-electron chi connectivity index (χ0n) is 19.4. The summed E-state index contributed by atoms with van der Waals surface area (Å²) in [5.74, 6) is 0.508. The summed E-state index contributed by atoms with van der Waals surface area (Å²) in [4.78, 5) is 8.90. The van der Waals surface area contributed by atoms with Crippen LogP contribution in [0.25, 0.3) is 53.1 Å². The van der Waals surface area contributed by atoms with Gasteiger partial charge in [-0.15, -0.1) is 76.4 Å². The molecule has 0 atom stereocenters. The molecule has 0 aliphatic carbocycles. The normalized spacial score (nSPS) is 11.2. The van der Waals surface area contributed by atoms with Crippen molar-refractivity contribution in [2.45, 2.75) is 19.8 Å². The molecule has 1 radical (unpaired) electrons.